The normalized spacial score (nSPS) is 12.7. The molecule has 3 aromatic rings. The molecule has 1 aliphatic heterocycles. The number of esters is 1. The van der Waals surface area contributed by atoms with Crippen molar-refractivity contribution in [1.29, 1.82) is 0 Å². The Balaban J connectivity index is 2.08. The van der Waals surface area contributed by atoms with Gasteiger partial charge in [-0.1, -0.05) is 18.2 Å². The topological polar surface area (TPSA) is 97.4 Å². The van der Waals surface area contributed by atoms with E-state index in [0.29, 0.717) is 44.7 Å². The zero-order chi connectivity index (χ0) is 22.2. The van der Waals surface area contributed by atoms with Crippen LogP contribution in [0.15, 0.2) is 42.5 Å². The molecule has 0 bridgehead atoms. The van der Waals surface area contributed by atoms with Crippen LogP contribution in [0.5, 0.6) is 17.2 Å². The van der Waals surface area contributed by atoms with E-state index in [9.17, 15) is 13.2 Å². The Morgan fingerprint density at radius 3 is 2.45 bits per heavy atom. The molecule has 0 fully saturated rings. The molecule has 0 N–H and O–H groups in total. The second-order valence-electron chi connectivity index (χ2n) is 6.86. The molecule has 0 aliphatic carbocycles. The number of carbonyl (C=O) groups is 1. The third kappa shape index (κ3) is 4.01. The van der Waals surface area contributed by atoms with Crippen molar-refractivity contribution < 1.29 is 36.3 Å². The van der Waals surface area contributed by atoms with Gasteiger partial charge >= 0.3 is 5.97 Å². The molecule has 3 aromatic carbocycles. The maximum atomic E-state index is 12.6. The molecule has 162 valence electrons. The summed E-state index contributed by atoms with van der Waals surface area (Å²) in [6.45, 7) is -0.296. The molecule has 0 unspecified atom stereocenters. The van der Waals surface area contributed by atoms with Crippen molar-refractivity contribution in [2.24, 2.45) is 0 Å². The van der Waals surface area contributed by atoms with Gasteiger partial charge in [-0.2, -0.15) is 8.42 Å². The fraction of sp³-hybridized carbons (Fsp3) is 0.227. The molecule has 0 spiro atoms. The summed E-state index contributed by atoms with van der Waals surface area (Å²) in [5.74, 6) is 1.11. The minimum absolute atomic E-state index is 0.0599. The first-order chi connectivity index (χ1) is 14.8. The zero-order valence-electron chi connectivity index (χ0n) is 17.1. The van der Waals surface area contributed by atoms with Gasteiger partial charge in [0.05, 0.1) is 32.6 Å². The van der Waals surface area contributed by atoms with Crippen molar-refractivity contribution in [2.45, 2.75) is 6.61 Å². The van der Waals surface area contributed by atoms with E-state index in [4.69, 9.17) is 23.1 Å². The van der Waals surface area contributed by atoms with Crippen molar-refractivity contribution in [3.63, 3.8) is 0 Å². The number of methoxy groups -OCH3 is 2. The number of fused-ring (bicyclic) bond motifs is 3. The average molecular weight is 444 g/mol. The molecular formula is C22H20O8S. The van der Waals surface area contributed by atoms with Crippen LogP contribution in [0.4, 0.5) is 0 Å². The van der Waals surface area contributed by atoms with Crippen LogP contribution in [-0.2, 0) is 25.6 Å². The van der Waals surface area contributed by atoms with E-state index in [0.717, 1.165) is 6.26 Å². The van der Waals surface area contributed by atoms with Crippen molar-refractivity contribution in [3.8, 4) is 28.4 Å². The fourth-order valence-electron chi connectivity index (χ4n) is 3.58. The Morgan fingerprint density at radius 2 is 1.81 bits per heavy atom. The molecule has 9 heteroatoms. The molecule has 4 rings (SSSR count). The summed E-state index contributed by atoms with van der Waals surface area (Å²) in [6.07, 6.45) is 0.952. The van der Waals surface area contributed by atoms with Crippen molar-refractivity contribution in [2.75, 3.05) is 27.3 Å². The maximum Gasteiger partial charge on any atom is 0.338 e. The Kier molecular flexibility index (Phi) is 5.47. The van der Waals surface area contributed by atoms with E-state index < -0.39 is 16.1 Å². The highest BCUT2D eigenvalue weighted by molar-refractivity contribution is 7.85. The van der Waals surface area contributed by atoms with Crippen molar-refractivity contribution >= 4 is 26.9 Å². The van der Waals surface area contributed by atoms with E-state index in [1.54, 1.807) is 31.4 Å². The van der Waals surface area contributed by atoms with Gasteiger partial charge in [0.25, 0.3) is 10.1 Å². The Hall–Kier alpha value is -3.30. The lowest BCUT2D eigenvalue weighted by Gasteiger charge is -2.18. The molecule has 0 atom stereocenters. The van der Waals surface area contributed by atoms with Crippen LogP contribution < -0.4 is 14.2 Å². The van der Waals surface area contributed by atoms with Gasteiger partial charge in [-0.15, -0.1) is 0 Å². The molecule has 0 aromatic heterocycles. The number of benzene rings is 3. The summed E-state index contributed by atoms with van der Waals surface area (Å²) < 4.78 is 50.0. The van der Waals surface area contributed by atoms with Crippen LogP contribution in [0.1, 0.15) is 15.9 Å². The van der Waals surface area contributed by atoms with Crippen LogP contribution in [0, 0.1) is 0 Å². The van der Waals surface area contributed by atoms with Gasteiger partial charge in [-0.3, -0.25) is 4.18 Å². The van der Waals surface area contributed by atoms with Crippen LogP contribution in [0.25, 0.3) is 21.9 Å². The van der Waals surface area contributed by atoms with Crippen molar-refractivity contribution in [1.82, 2.24) is 0 Å². The highest BCUT2D eigenvalue weighted by atomic mass is 32.2. The summed E-state index contributed by atoms with van der Waals surface area (Å²) in [5.41, 5.74) is 1.86. The van der Waals surface area contributed by atoms with E-state index >= 15 is 0 Å². The molecule has 8 nitrogen and oxygen atoms in total. The third-order valence-corrected chi connectivity index (χ3v) is 5.50. The molecule has 0 saturated carbocycles. The number of carbonyl (C=O) groups excluding carboxylic acids is 1. The molecule has 0 saturated heterocycles. The summed E-state index contributed by atoms with van der Waals surface area (Å²) in [4.78, 5) is 12.6. The van der Waals surface area contributed by atoms with Crippen molar-refractivity contribution in [3.05, 3.63) is 53.6 Å². The van der Waals surface area contributed by atoms with Gasteiger partial charge in [-0.25, -0.2) is 4.79 Å². The largest absolute Gasteiger partial charge is 0.497 e. The lowest BCUT2D eigenvalue weighted by molar-refractivity contribution is 0.0598. The molecule has 1 heterocycles. The Labute approximate surface area is 179 Å². The Morgan fingerprint density at radius 1 is 1.06 bits per heavy atom. The minimum atomic E-state index is -3.77. The number of rotatable bonds is 6. The molecular weight excluding hydrogens is 424 g/mol. The second-order valence-corrected chi connectivity index (χ2v) is 8.51. The SMILES string of the molecule is COC(=O)c1cc2ccc3c(c2c(-c2ccc(OC)cc2)c1COS(C)(=O)=O)OCO3. The van der Waals surface area contributed by atoms with Crippen LogP contribution >= 0.6 is 0 Å². The molecule has 0 radical (unpaired) electrons. The van der Waals surface area contributed by atoms with E-state index in [2.05, 4.69) is 0 Å². The van der Waals surface area contributed by atoms with Gasteiger partial charge in [0.2, 0.25) is 6.79 Å². The van der Waals surface area contributed by atoms with Gasteiger partial charge in [0.1, 0.15) is 5.75 Å². The van der Waals surface area contributed by atoms with Gasteiger partial charge in [-0.05, 0) is 40.8 Å². The van der Waals surface area contributed by atoms with Gasteiger partial charge < -0.3 is 18.9 Å². The van der Waals surface area contributed by atoms with Crippen LogP contribution in [0.3, 0.4) is 0 Å². The highest BCUT2D eigenvalue weighted by Crippen LogP contribution is 2.46. The van der Waals surface area contributed by atoms with Crippen LogP contribution in [-0.4, -0.2) is 41.7 Å². The smallest absolute Gasteiger partial charge is 0.338 e. The standard InChI is InChI=1S/C22H20O8S/c1-26-15-7-4-13(5-8-15)19-17(11-30-31(3,24)25)16(22(23)27-2)10-14-6-9-18-21(20(14)19)29-12-28-18/h4-10H,11-12H2,1-3H3. The third-order valence-electron chi connectivity index (χ3n) is 4.95. The van der Waals surface area contributed by atoms with E-state index in [-0.39, 0.29) is 19.0 Å². The summed E-state index contributed by atoms with van der Waals surface area (Å²) in [7, 11) is -0.948. The number of hydrogen-bond donors (Lipinski definition) is 0. The first-order valence-corrected chi connectivity index (χ1v) is 11.1. The quantitative estimate of drug-likeness (QED) is 0.421. The summed E-state index contributed by atoms with van der Waals surface area (Å²) in [6, 6.07) is 12.4. The van der Waals surface area contributed by atoms with E-state index in [1.165, 1.54) is 7.11 Å². The fourth-order valence-corrected chi connectivity index (χ4v) is 3.91. The van der Waals surface area contributed by atoms with Gasteiger partial charge in [0.15, 0.2) is 11.5 Å². The van der Waals surface area contributed by atoms with Crippen LogP contribution in [0.2, 0.25) is 0 Å². The van der Waals surface area contributed by atoms with E-state index in [1.807, 2.05) is 18.2 Å². The molecule has 0 amide bonds. The number of hydrogen-bond acceptors (Lipinski definition) is 8. The maximum absolute atomic E-state index is 12.6. The lowest BCUT2D eigenvalue weighted by Crippen LogP contribution is -2.11. The Bertz CT molecular complexity index is 1260. The highest BCUT2D eigenvalue weighted by Gasteiger charge is 2.27. The monoisotopic (exact) mass is 444 g/mol. The lowest BCUT2D eigenvalue weighted by atomic mass is 9.89. The zero-order valence-corrected chi connectivity index (χ0v) is 17.9. The molecule has 31 heavy (non-hydrogen) atoms. The number of ether oxygens (including phenoxy) is 4. The van der Waals surface area contributed by atoms with Gasteiger partial charge in [0, 0.05) is 10.9 Å². The summed E-state index contributed by atoms with van der Waals surface area (Å²) >= 11 is 0. The summed E-state index contributed by atoms with van der Waals surface area (Å²) in [5, 5.41) is 1.39. The second kappa shape index (κ2) is 8.09. The predicted octanol–water partition coefficient (Wildman–Crippen LogP) is 3.51. The molecule has 1 aliphatic rings. The first kappa shape index (κ1) is 21.0. The predicted molar refractivity (Wildman–Crippen MR) is 113 cm³/mol. The minimum Gasteiger partial charge on any atom is -0.497 e. The average Bonchev–Trinajstić information content (AvgIpc) is 3.24. The first-order valence-electron chi connectivity index (χ1n) is 9.27.